The molecular weight excluding hydrogens is 397 g/mol. The van der Waals surface area contributed by atoms with Crippen LogP contribution in [-0.2, 0) is 13.0 Å². The number of halogens is 3. The molecule has 96 valence electrons. The Morgan fingerprint density at radius 2 is 2.00 bits per heavy atom. The highest BCUT2D eigenvalue weighted by molar-refractivity contribution is 9.11. The third-order valence-corrected chi connectivity index (χ3v) is 5.04. The van der Waals surface area contributed by atoms with Crippen LogP contribution in [0.2, 0.25) is 5.02 Å². The molecule has 0 unspecified atom stereocenters. The quantitative estimate of drug-likeness (QED) is 0.665. The first kappa shape index (κ1) is 14.5. The van der Waals surface area contributed by atoms with Crippen LogP contribution >= 0.6 is 54.8 Å². The van der Waals surface area contributed by atoms with E-state index in [2.05, 4.69) is 49.3 Å². The Hall–Kier alpha value is 0.130. The van der Waals surface area contributed by atoms with Crippen LogP contribution in [0.25, 0.3) is 0 Å². The summed E-state index contributed by atoms with van der Waals surface area (Å²) < 4.78 is 2.20. The Balaban J connectivity index is 1.78. The van der Waals surface area contributed by atoms with Crippen molar-refractivity contribution in [2.45, 2.75) is 13.0 Å². The van der Waals surface area contributed by atoms with Gasteiger partial charge in [0.25, 0.3) is 0 Å². The lowest BCUT2D eigenvalue weighted by molar-refractivity contribution is 0.691. The van der Waals surface area contributed by atoms with Crippen molar-refractivity contribution in [2.75, 3.05) is 6.54 Å². The summed E-state index contributed by atoms with van der Waals surface area (Å²) in [5, 5.41) is 4.21. The van der Waals surface area contributed by atoms with Gasteiger partial charge in [-0.25, -0.2) is 0 Å². The lowest BCUT2D eigenvalue weighted by Crippen LogP contribution is -2.16. The van der Waals surface area contributed by atoms with Gasteiger partial charge >= 0.3 is 0 Å². The van der Waals surface area contributed by atoms with E-state index in [1.165, 1.54) is 8.66 Å². The molecule has 0 saturated heterocycles. The lowest BCUT2D eigenvalue weighted by atomic mass is 10.2. The van der Waals surface area contributed by atoms with Crippen LogP contribution in [0.1, 0.15) is 10.4 Å². The molecule has 5 heteroatoms. The first-order chi connectivity index (χ1) is 8.65. The van der Waals surface area contributed by atoms with Crippen molar-refractivity contribution in [3.05, 3.63) is 54.1 Å². The summed E-state index contributed by atoms with van der Waals surface area (Å²) in [7, 11) is 0. The van der Waals surface area contributed by atoms with E-state index >= 15 is 0 Å². The smallest absolute Gasteiger partial charge is 0.0701 e. The van der Waals surface area contributed by atoms with Crippen molar-refractivity contribution in [3.8, 4) is 0 Å². The average Bonchev–Trinajstić information content (AvgIpc) is 2.73. The van der Waals surface area contributed by atoms with E-state index in [9.17, 15) is 0 Å². The Labute approximate surface area is 133 Å². The van der Waals surface area contributed by atoms with Crippen LogP contribution in [0.3, 0.4) is 0 Å². The number of hydrogen-bond donors (Lipinski definition) is 1. The predicted octanol–water partition coefficient (Wildman–Crippen LogP) is 5.26. The molecule has 0 aliphatic rings. The van der Waals surface area contributed by atoms with Gasteiger partial charge in [-0.2, -0.15) is 0 Å². The molecule has 0 aliphatic carbocycles. The summed E-state index contributed by atoms with van der Waals surface area (Å²) in [5.74, 6) is 0. The number of hydrogen-bond acceptors (Lipinski definition) is 2. The zero-order chi connectivity index (χ0) is 13.0. The van der Waals surface area contributed by atoms with E-state index < -0.39 is 0 Å². The third-order valence-electron chi connectivity index (χ3n) is 2.51. The topological polar surface area (TPSA) is 12.0 Å². The Morgan fingerprint density at radius 3 is 2.67 bits per heavy atom. The molecule has 1 aromatic carbocycles. The number of rotatable bonds is 5. The van der Waals surface area contributed by atoms with Crippen molar-refractivity contribution < 1.29 is 0 Å². The van der Waals surface area contributed by atoms with Gasteiger partial charge in [-0.1, -0.05) is 33.6 Å². The molecule has 0 amide bonds. The van der Waals surface area contributed by atoms with Crippen LogP contribution in [-0.4, -0.2) is 6.54 Å². The minimum absolute atomic E-state index is 0.802. The van der Waals surface area contributed by atoms with Crippen LogP contribution in [0.4, 0.5) is 0 Å². The molecule has 2 aromatic rings. The normalized spacial score (nSPS) is 10.8. The SMILES string of the molecule is Clc1cc(Br)ccc1CNCCc1ccc(Br)s1. The molecule has 1 aromatic heterocycles. The van der Waals surface area contributed by atoms with E-state index in [1.54, 1.807) is 11.3 Å². The molecule has 18 heavy (non-hydrogen) atoms. The first-order valence-corrected chi connectivity index (χ1v) is 8.32. The maximum atomic E-state index is 6.15. The van der Waals surface area contributed by atoms with Crippen molar-refractivity contribution in [1.82, 2.24) is 5.32 Å². The maximum Gasteiger partial charge on any atom is 0.0701 e. The lowest BCUT2D eigenvalue weighted by Gasteiger charge is -2.06. The molecule has 0 radical (unpaired) electrons. The monoisotopic (exact) mass is 407 g/mol. The molecule has 2 rings (SSSR count). The minimum atomic E-state index is 0.802. The number of benzene rings is 1. The minimum Gasteiger partial charge on any atom is -0.312 e. The third kappa shape index (κ3) is 4.35. The summed E-state index contributed by atoms with van der Waals surface area (Å²) in [6.07, 6.45) is 1.05. The molecule has 0 atom stereocenters. The fourth-order valence-electron chi connectivity index (χ4n) is 1.59. The van der Waals surface area contributed by atoms with Gasteiger partial charge in [0, 0.05) is 27.5 Å². The van der Waals surface area contributed by atoms with Gasteiger partial charge in [0.15, 0.2) is 0 Å². The van der Waals surface area contributed by atoms with Crippen LogP contribution in [0.5, 0.6) is 0 Å². The Bertz CT molecular complexity index is 527. The average molecular weight is 410 g/mol. The molecule has 1 N–H and O–H groups in total. The maximum absolute atomic E-state index is 6.15. The molecule has 0 saturated carbocycles. The van der Waals surface area contributed by atoms with Gasteiger partial charge < -0.3 is 5.32 Å². The van der Waals surface area contributed by atoms with Gasteiger partial charge in [0.05, 0.1) is 3.79 Å². The standard InChI is InChI=1S/C13H12Br2ClNS/c14-10-2-1-9(12(16)7-10)8-17-6-5-11-3-4-13(15)18-11/h1-4,7,17H,5-6,8H2. The van der Waals surface area contributed by atoms with E-state index in [0.717, 1.165) is 34.6 Å². The molecule has 0 aliphatic heterocycles. The van der Waals surface area contributed by atoms with Gasteiger partial charge in [0.2, 0.25) is 0 Å². The van der Waals surface area contributed by atoms with E-state index in [1.807, 2.05) is 18.2 Å². The summed E-state index contributed by atoms with van der Waals surface area (Å²) in [4.78, 5) is 1.39. The number of thiophene rings is 1. The largest absolute Gasteiger partial charge is 0.312 e. The van der Waals surface area contributed by atoms with Crippen LogP contribution in [0.15, 0.2) is 38.6 Å². The Kier molecular flexibility index (Phi) is 5.70. The predicted molar refractivity (Wildman–Crippen MR) is 86.6 cm³/mol. The van der Waals surface area contributed by atoms with E-state index in [4.69, 9.17) is 11.6 Å². The fourth-order valence-corrected chi connectivity index (χ4v) is 3.81. The zero-order valence-electron chi connectivity index (χ0n) is 9.55. The van der Waals surface area contributed by atoms with Crippen molar-refractivity contribution in [1.29, 1.82) is 0 Å². The highest BCUT2D eigenvalue weighted by atomic mass is 79.9. The molecule has 0 fully saturated rings. The highest BCUT2D eigenvalue weighted by Gasteiger charge is 2.01. The summed E-state index contributed by atoms with van der Waals surface area (Å²) in [5.41, 5.74) is 1.13. The van der Waals surface area contributed by atoms with E-state index in [-0.39, 0.29) is 0 Å². The van der Waals surface area contributed by atoms with Crippen LogP contribution < -0.4 is 5.32 Å². The Morgan fingerprint density at radius 1 is 1.17 bits per heavy atom. The number of nitrogens with one attached hydrogen (secondary N) is 1. The highest BCUT2D eigenvalue weighted by Crippen LogP contribution is 2.23. The second-order valence-electron chi connectivity index (χ2n) is 3.87. The van der Waals surface area contributed by atoms with Gasteiger partial charge in [-0.15, -0.1) is 11.3 Å². The van der Waals surface area contributed by atoms with Crippen molar-refractivity contribution in [3.63, 3.8) is 0 Å². The van der Waals surface area contributed by atoms with Gasteiger partial charge in [0.1, 0.15) is 0 Å². The second-order valence-corrected chi connectivity index (χ2v) is 7.74. The fraction of sp³-hybridized carbons (Fsp3) is 0.231. The summed E-state index contributed by atoms with van der Waals surface area (Å²) in [6.45, 7) is 1.76. The molecule has 0 bridgehead atoms. The van der Waals surface area contributed by atoms with Gasteiger partial charge in [-0.3, -0.25) is 0 Å². The zero-order valence-corrected chi connectivity index (χ0v) is 14.3. The van der Waals surface area contributed by atoms with E-state index in [0.29, 0.717) is 0 Å². The first-order valence-electron chi connectivity index (χ1n) is 5.54. The summed E-state index contributed by atoms with van der Waals surface area (Å²) in [6, 6.07) is 10.2. The molecular formula is C13H12Br2ClNS. The molecule has 1 heterocycles. The molecule has 1 nitrogen and oxygen atoms in total. The molecule has 0 spiro atoms. The second kappa shape index (κ2) is 7.06. The van der Waals surface area contributed by atoms with Crippen molar-refractivity contribution >= 4 is 54.8 Å². The van der Waals surface area contributed by atoms with Gasteiger partial charge in [-0.05, 0) is 52.2 Å². The van der Waals surface area contributed by atoms with Crippen molar-refractivity contribution in [2.24, 2.45) is 0 Å². The summed E-state index contributed by atoms with van der Waals surface area (Å²) >= 11 is 14.8. The van der Waals surface area contributed by atoms with Crippen LogP contribution in [0, 0.1) is 0 Å².